The van der Waals surface area contributed by atoms with Crippen LogP contribution in [0.25, 0.3) is 0 Å². The number of nitrogens with zero attached hydrogens (tertiary/aromatic N) is 3. The first kappa shape index (κ1) is 22.8. The molecule has 1 heterocycles. The predicted molar refractivity (Wildman–Crippen MR) is 90.2 cm³/mol. The first-order valence-corrected chi connectivity index (χ1v) is 8.58. The van der Waals surface area contributed by atoms with E-state index in [9.17, 15) is 25.0 Å². The first-order valence-electron chi connectivity index (χ1n) is 8.58. The largest absolute Gasteiger partial charge is 0.376 e. The smallest absolute Gasteiger partial charge is 0.324 e. The van der Waals surface area contributed by atoms with E-state index in [0.29, 0.717) is 12.8 Å². The van der Waals surface area contributed by atoms with Gasteiger partial charge in [0.15, 0.2) is 6.10 Å². The van der Waals surface area contributed by atoms with Crippen molar-refractivity contribution in [3.63, 3.8) is 0 Å². The third kappa shape index (κ3) is 7.13. The van der Waals surface area contributed by atoms with E-state index < -0.39 is 34.0 Å². The Morgan fingerprint density at radius 2 is 1.67 bits per heavy atom. The lowest BCUT2D eigenvalue weighted by molar-refractivity contribution is -0.790. The molecule has 0 aromatic rings. The molecule has 0 spiro atoms. The molecule has 0 aromatic heterocycles. The summed E-state index contributed by atoms with van der Waals surface area (Å²) in [5.74, 6) is -0.341. The van der Waals surface area contributed by atoms with Crippen LogP contribution in [0.5, 0.6) is 0 Å². The molecule has 1 atom stereocenters. The number of hydroxylamine groups is 2. The van der Waals surface area contributed by atoms with Gasteiger partial charge in [0, 0.05) is 6.42 Å². The van der Waals surface area contributed by atoms with Crippen molar-refractivity contribution in [1.29, 1.82) is 0 Å². The molecule has 12 nitrogen and oxygen atoms in total. The molecule has 156 valence electrons. The molecule has 1 aliphatic rings. The van der Waals surface area contributed by atoms with Gasteiger partial charge in [-0.15, -0.1) is 25.3 Å². The van der Waals surface area contributed by atoms with Gasteiger partial charge in [-0.3, -0.25) is 4.79 Å². The molecule has 1 unspecified atom stereocenters. The van der Waals surface area contributed by atoms with Gasteiger partial charge >= 0.3 is 5.97 Å². The molecule has 27 heavy (non-hydrogen) atoms. The lowest BCUT2D eigenvalue weighted by Gasteiger charge is -2.52. The zero-order chi connectivity index (χ0) is 20.8. The molecule has 1 rings (SSSR count). The lowest BCUT2D eigenvalue weighted by atomic mass is 9.80. The highest BCUT2D eigenvalue weighted by Gasteiger charge is 2.48. The minimum absolute atomic E-state index is 0.249. The molecule has 0 amide bonds. The van der Waals surface area contributed by atoms with Crippen LogP contribution in [0, 0.1) is 20.2 Å². The summed E-state index contributed by atoms with van der Waals surface area (Å²) in [4.78, 5) is 46.6. The van der Waals surface area contributed by atoms with E-state index in [2.05, 4.69) is 9.68 Å². The summed E-state index contributed by atoms with van der Waals surface area (Å²) in [7, 11) is 0. The minimum atomic E-state index is -1.23. The van der Waals surface area contributed by atoms with E-state index in [1.54, 1.807) is 12.0 Å². The fourth-order valence-electron chi connectivity index (χ4n) is 3.32. The number of ether oxygens (including phenoxy) is 1. The maximum atomic E-state index is 11.7. The highest BCUT2D eigenvalue weighted by molar-refractivity contribution is 5.68. The van der Waals surface area contributed by atoms with Gasteiger partial charge in [0.1, 0.15) is 6.61 Å². The number of piperidine rings is 1. The van der Waals surface area contributed by atoms with Gasteiger partial charge in [0.2, 0.25) is 0 Å². The molecule has 0 bridgehead atoms. The van der Waals surface area contributed by atoms with Gasteiger partial charge in [0.25, 0.3) is 10.2 Å². The van der Waals surface area contributed by atoms with Crippen molar-refractivity contribution >= 4 is 5.97 Å². The predicted octanol–water partition coefficient (Wildman–Crippen LogP) is 1.68. The van der Waals surface area contributed by atoms with Crippen LogP contribution in [-0.4, -0.2) is 57.7 Å². The number of hydrogen-bond donors (Lipinski definition) is 0. The Morgan fingerprint density at radius 3 is 2.11 bits per heavy atom. The van der Waals surface area contributed by atoms with Gasteiger partial charge in [-0.05, 0) is 40.5 Å². The van der Waals surface area contributed by atoms with E-state index >= 15 is 0 Å². The quantitative estimate of drug-likeness (QED) is 0.397. The summed E-state index contributed by atoms with van der Waals surface area (Å²) < 4.78 is 5.73. The van der Waals surface area contributed by atoms with Crippen LogP contribution in [0.4, 0.5) is 0 Å². The minimum Gasteiger partial charge on any atom is -0.376 e. The van der Waals surface area contributed by atoms with Crippen LogP contribution in [0.1, 0.15) is 53.9 Å². The number of rotatable bonds is 10. The molecular formula is C15H27N3O9. The van der Waals surface area contributed by atoms with Crippen molar-refractivity contribution in [3.05, 3.63) is 20.2 Å². The Labute approximate surface area is 156 Å². The maximum absolute atomic E-state index is 11.7. The Bertz CT molecular complexity index is 535. The zero-order valence-electron chi connectivity index (χ0n) is 16.2. The number of carbonyl (C=O) groups is 1. The van der Waals surface area contributed by atoms with Gasteiger partial charge in [-0.2, -0.15) is 0 Å². The Balaban J connectivity index is 2.74. The van der Waals surface area contributed by atoms with E-state index in [4.69, 9.17) is 9.57 Å². The van der Waals surface area contributed by atoms with Crippen LogP contribution < -0.4 is 0 Å². The van der Waals surface area contributed by atoms with E-state index in [0.717, 1.165) is 0 Å². The van der Waals surface area contributed by atoms with E-state index in [1.165, 1.54) is 0 Å². The summed E-state index contributed by atoms with van der Waals surface area (Å²) >= 11 is 0. The Morgan fingerprint density at radius 1 is 1.11 bits per heavy atom. The molecule has 0 N–H and O–H groups in total. The maximum Gasteiger partial charge on any atom is 0.324 e. The van der Waals surface area contributed by atoms with Crippen molar-refractivity contribution in [2.24, 2.45) is 0 Å². The molecular weight excluding hydrogens is 366 g/mol. The monoisotopic (exact) mass is 393 g/mol. The Kier molecular flexibility index (Phi) is 7.72. The number of hydrogen-bond acceptors (Lipinski definition) is 10. The molecule has 1 saturated heterocycles. The van der Waals surface area contributed by atoms with Crippen LogP contribution in [0.15, 0.2) is 0 Å². The number of carbonyl (C=O) groups excluding carboxylic acids is 1. The first-order chi connectivity index (χ1) is 12.4. The van der Waals surface area contributed by atoms with E-state index in [1.807, 2.05) is 27.7 Å². The van der Waals surface area contributed by atoms with Crippen LogP contribution in [0.3, 0.4) is 0 Å². The summed E-state index contributed by atoms with van der Waals surface area (Å²) in [6.07, 6.45) is -0.338. The van der Waals surface area contributed by atoms with Crippen LogP contribution >= 0.6 is 0 Å². The fraction of sp³-hybridized carbons (Fsp3) is 0.933. The molecule has 1 aliphatic heterocycles. The summed E-state index contributed by atoms with van der Waals surface area (Å²) in [5.41, 5.74) is -1.10. The second-order valence-corrected chi connectivity index (χ2v) is 7.57. The van der Waals surface area contributed by atoms with Crippen molar-refractivity contribution in [1.82, 2.24) is 5.06 Å². The topological polar surface area (TPSA) is 144 Å². The standard InChI is InChI=1S/C15H27N3O9/c1-6-13(19)27-16-14(2,3)7-11(8-15(16,4)5)24-9-12(26-18(22)23)10-25-17(20)21/h11-12H,6-10H2,1-5H3. The fourth-order valence-corrected chi connectivity index (χ4v) is 3.32. The van der Waals surface area contributed by atoms with Crippen molar-refractivity contribution in [3.8, 4) is 0 Å². The third-order valence-corrected chi connectivity index (χ3v) is 4.15. The highest BCUT2D eigenvalue weighted by Crippen LogP contribution is 2.40. The second-order valence-electron chi connectivity index (χ2n) is 7.57. The third-order valence-electron chi connectivity index (χ3n) is 4.15. The molecule has 0 radical (unpaired) electrons. The highest BCUT2D eigenvalue weighted by atomic mass is 17.0. The second kappa shape index (κ2) is 9.13. The van der Waals surface area contributed by atoms with Crippen molar-refractivity contribution in [2.75, 3.05) is 13.2 Å². The van der Waals surface area contributed by atoms with Crippen molar-refractivity contribution < 1.29 is 34.2 Å². The molecule has 1 fully saturated rings. The molecule has 0 saturated carbocycles. The van der Waals surface area contributed by atoms with E-state index in [-0.39, 0.29) is 25.1 Å². The van der Waals surface area contributed by atoms with Gasteiger partial charge in [-0.25, -0.2) is 0 Å². The zero-order valence-corrected chi connectivity index (χ0v) is 16.2. The summed E-state index contributed by atoms with van der Waals surface area (Å²) in [5, 5.41) is 20.4. The normalized spacial score (nSPS) is 20.5. The molecule has 0 aliphatic carbocycles. The lowest BCUT2D eigenvalue weighted by Crippen LogP contribution is -2.62. The summed E-state index contributed by atoms with van der Waals surface area (Å²) in [6, 6.07) is 0. The summed E-state index contributed by atoms with van der Waals surface area (Å²) in [6.45, 7) is 8.43. The average molecular weight is 393 g/mol. The molecule has 0 aromatic carbocycles. The Hall–Kier alpha value is -2.21. The SMILES string of the molecule is CCC(=O)ON1C(C)(C)CC(OCC(CO[N+](=O)[O-])O[N+](=O)[O-])CC1(C)C. The van der Waals surface area contributed by atoms with Gasteiger partial charge < -0.3 is 19.2 Å². The average Bonchev–Trinajstić information content (AvgIpc) is 2.52. The van der Waals surface area contributed by atoms with Crippen molar-refractivity contribution in [2.45, 2.75) is 77.2 Å². The van der Waals surface area contributed by atoms with Crippen LogP contribution in [0.2, 0.25) is 0 Å². The van der Waals surface area contributed by atoms with Gasteiger partial charge in [-0.1, -0.05) is 6.92 Å². The van der Waals surface area contributed by atoms with Gasteiger partial charge in [0.05, 0.1) is 23.8 Å². The van der Waals surface area contributed by atoms with Crippen LogP contribution in [-0.2, 0) is 24.0 Å². The molecule has 12 heteroatoms.